The fourth-order valence-corrected chi connectivity index (χ4v) is 2.77. The maximum atomic E-state index is 12.6. The Morgan fingerprint density at radius 1 is 1.50 bits per heavy atom. The van der Waals surface area contributed by atoms with Crippen molar-refractivity contribution >= 4 is 5.91 Å². The summed E-state index contributed by atoms with van der Waals surface area (Å²) in [7, 11) is 1.72. The number of hydrogen-bond acceptors (Lipinski definition) is 4. The van der Waals surface area contributed by atoms with Crippen molar-refractivity contribution in [1.82, 2.24) is 25.3 Å². The number of carbonyl (C=O) groups excluding carboxylic acids is 1. The number of aliphatic hydroxyl groups is 1. The Kier molecular flexibility index (Phi) is 4.08. The number of nitrogens with zero attached hydrogens (tertiary/aromatic N) is 3. The predicted molar refractivity (Wildman–Crippen MR) is 75.7 cm³/mol. The van der Waals surface area contributed by atoms with Crippen molar-refractivity contribution in [3.8, 4) is 0 Å². The highest BCUT2D eigenvalue weighted by Crippen LogP contribution is 2.38. The van der Waals surface area contributed by atoms with Gasteiger partial charge in [0.1, 0.15) is 5.69 Å². The van der Waals surface area contributed by atoms with E-state index in [1.807, 2.05) is 5.10 Å². The van der Waals surface area contributed by atoms with E-state index in [9.17, 15) is 23.1 Å². The van der Waals surface area contributed by atoms with Gasteiger partial charge in [0, 0.05) is 24.9 Å². The summed E-state index contributed by atoms with van der Waals surface area (Å²) in [5.41, 5.74) is -0.685. The lowest BCUT2D eigenvalue weighted by Crippen LogP contribution is -2.41. The number of H-pyrrole nitrogens is 1. The highest BCUT2D eigenvalue weighted by Gasteiger charge is 2.37. The van der Waals surface area contributed by atoms with Crippen LogP contribution >= 0.6 is 0 Å². The van der Waals surface area contributed by atoms with Gasteiger partial charge < -0.3 is 10.4 Å². The number of aliphatic hydroxyl groups excluding tert-OH is 1. The van der Waals surface area contributed by atoms with Crippen LogP contribution in [0.2, 0.25) is 0 Å². The first-order chi connectivity index (χ1) is 11.2. The normalized spacial score (nSPS) is 22.0. The largest absolute Gasteiger partial charge is 0.432 e. The van der Waals surface area contributed by atoms with Gasteiger partial charge in [0.25, 0.3) is 5.91 Å². The second-order valence-electron chi connectivity index (χ2n) is 5.95. The highest BCUT2D eigenvalue weighted by molar-refractivity contribution is 5.92. The van der Waals surface area contributed by atoms with Crippen LogP contribution in [-0.4, -0.2) is 37.1 Å². The van der Waals surface area contributed by atoms with Crippen LogP contribution in [0.25, 0.3) is 0 Å². The Hall–Kier alpha value is -2.36. The smallest absolute Gasteiger partial charge is 0.393 e. The van der Waals surface area contributed by atoms with E-state index in [0.29, 0.717) is 18.9 Å². The summed E-state index contributed by atoms with van der Waals surface area (Å²) in [4.78, 5) is 12.3. The molecular weight excluding hydrogens is 327 g/mol. The number of aromatic nitrogens is 4. The lowest BCUT2D eigenvalue weighted by Gasteiger charge is -2.37. The Morgan fingerprint density at radius 2 is 2.21 bits per heavy atom. The summed E-state index contributed by atoms with van der Waals surface area (Å²) in [6.07, 6.45) is -0.689. The van der Waals surface area contributed by atoms with E-state index < -0.39 is 29.9 Å². The minimum absolute atomic E-state index is 0.00539. The first-order valence-corrected chi connectivity index (χ1v) is 7.34. The van der Waals surface area contributed by atoms with Gasteiger partial charge in [0.05, 0.1) is 18.3 Å². The Bertz CT molecular complexity index is 733. The molecule has 1 fully saturated rings. The molecule has 7 nitrogen and oxygen atoms in total. The molecule has 2 heterocycles. The first-order valence-electron chi connectivity index (χ1n) is 7.34. The van der Waals surface area contributed by atoms with E-state index in [-0.39, 0.29) is 11.6 Å². The number of alkyl halides is 3. The van der Waals surface area contributed by atoms with E-state index in [0.717, 1.165) is 5.56 Å². The molecule has 10 heteroatoms. The van der Waals surface area contributed by atoms with Gasteiger partial charge in [0.2, 0.25) is 0 Å². The predicted octanol–water partition coefficient (Wildman–Crippen LogP) is 1.40. The van der Waals surface area contributed by atoms with Crippen molar-refractivity contribution in [2.24, 2.45) is 13.0 Å². The molecule has 1 aliphatic carbocycles. The van der Waals surface area contributed by atoms with Crippen molar-refractivity contribution in [2.45, 2.75) is 31.2 Å². The summed E-state index contributed by atoms with van der Waals surface area (Å²) in [5, 5.41) is 21.5. The van der Waals surface area contributed by atoms with Gasteiger partial charge >= 0.3 is 6.18 Å². The fourth-order valence-electron chi connectivity index (χ4n) is 2.77. The summed E-state index contributed by atoms with van der Waals surface area (Å²) in [6.45, 7) is 0. The van der Waals surface area contributed by atoms with Gasteiger partial charge in [-0.05, 0) is 18.8 Å². The number of halogens is 3. The van der Waals surface area contributed by atoms with Crippen LogP contribution in [0.1, 0.15) is 40.6 Å². The lowest BCUT2D eigenvalue weighted by atomic mass is 9.75. The molecule has 2 aromatic heterocycles. The molecular formula is C14H16F3N5O2. The molecule has 1 saturated carbocycles. The molecule has 2 aromatic rings. The van der Waals surface area contributed by atoms with Gasteiger partial charge in [-0.25, -0.2) is 0 Å². The molecule has 0 aliphatic heterocycles. The van der Waals surface area contributed by atoms with Crippen molar-refractivity contribution in [1.29, 1.82) is 0 Å². The van der Waals surface area contributed by atoms with Gasteiger partial charge in [-0.15, -0.1) is 0 Å². The summed E-state index contributed by atoms with van der Waals surface area (Å²) in [5.74, 6) is -0.717. The van der Waals surface area contributed by atoms with Crippen molar-refractivity contribution < 1.29 is 23.1 Å². The Morgan fingerprint density at radius 3 is 2.71 bits per heavy atom. The zero-order valence-electron chi connectivity index (χ0n) is 12.7. The van der Waals surface area contributed by atoms with E-state index >= 15 is 0 Å². The molecule has 1 amide bonds. The second-order valence-corrected chi connectivity index (χ2v) is 5.95. The zero-order chi connectivity index (χ0) is 17.5. The average Bonchev–Trinajstić information content (AvgIpc) is 3.09. The van der Waals surface area contributed by atoms with Gasteiger partial charge in [-0.3, -0.25) is 14.6 Å². The third-order valence-electron chi connectivity index (χ3n) is 4.11. The van der Waals surface area contributed by atoms with Crippen molar-refractivity contribution in [2.75, 3.05) is 0 Å². The van der Waals surface area contributed by atoms with Crippen LogP contribution in [0, 0.1) is 5.92 Å². The molecule has 1 atom stereocenters. The third-order valence-corrected chi connectivity index (χ3v) is 4.11. The number of aryl methyl sites for hydroxylation is 1. The maximum Gasteiger partial charge on any atom is 0.432 e. The van der Waals surface area contributed by atoms with Gasteiger partial charge in [-0.2, -0.15) is 23.4 Å². The van der Waals surface area contributed by atoms with E-state index in [1.165, 1.54) is 0 Å². The molecule has 0 spiro atoms. The third kappa shape index (κ3) is 3.28. The first kappa shape index (κ1) is 16.5. The van der Waals surface area contributed by atoms with Crippen molar-refractivity contribution in [3.05, 3.63) is 35.4 Å². The molecule has 0 aromatic carbocycles. The Labute approximate surface area is 134 Å². The SMILES string of the molecule is Cn1cc(C(NC(=O)c2cc(C(F)(F)F)[nH]n2)C2CC(O)C2)cn1. The number of aromatic amines is 1. The number of hydrogen-bond donors (Lipinski definition) is 3. The fraction of sp³-hybridized carbons (Fsp3) is 0.500. The molecule has 0 radical (unpaired) electrons. The van der Waals surface area contributed by atoms with E-state index in [2.05, 4.69) is 15.5 Å². The minimum atomic E-state index is -4.59. The van der Waals surface area contributed by atoms with Crippen LogP contribution in [0.5, 0.6) is 0 Å². The lowest BCUT2D eigenvalue weighted by molar-refractivity contribution is -0.141. The molecule has 3 rings (SSSR count). The van der Waals surface area contributed by atoms with Gasteiger partial charge in [-0.1, -0.05) is 0 Å². The van der Waals surface area contributed by atoms with E-state index in [1.54, 1.807) is 24.1 Å². The van der Waals surface area contributed by atoms with E-state index in [4.69, 9.17) is 0 Å². The summed E-state index contributed by atoms with van der Waals surface area (Å²) < 4.78 is 39.3. The number of rotatable bonds is 4. The minimum Gasteiger partial charge on any atom is -0.393 e. The van der Waals surface area contributed by atoms with Crippen LogP contribution in [0.3, 0.4) is 0 Å². The Balaban J connectivity index is 1.77. The van der Waals surface area contributed by atoms with Crippen LogP contribution < -0.4 is 5.32 Å². The highest BCUT2D eigenvalue weighted by atomic mass is 19.4. The summed E-state index contributed by atoms with van der Waals surface area (Å²) in [6, 6.07) is 0.228. The van der Waals surface area contributed by atoms with Gasteiger partial charge in [0.15, 0.2) is 5.69 Å². The monoisotopic (exact) mass is 343 g/mol. The number of amides is 1. The quantitative estimate of drug-likeness (QED) is 0.782. The van der Waals surface area contributed by atoms with Crippen LogP contribution in [0.4, 0.5) is 13.2 Å². The molecule has 130 valence electrons. The molecule has 3 N–H and O–H groups in total. The molecule has 1 unspecified atom stereocenters. The standard InChI is InChI=1S/C14H16F3N5O2/c1-22-6-8(5-18-22)12(7-2-9(23)3-7)19-13(24)10-4-11(21-20-10)14(15,16)17/h4-7,9,12,23H,2-3H2,1H3,(H,19,24)(H,20,21). The zero-order valence-corrected chi connectivity index (χ0v) is 12.7. The van der Waals surface area contributed by atoms with Crippen LogP contribution in [0.15, 0.2) is 18.5 Å². The maximum absolute atomic E-state index is 12.6. The van der Waals surface area contributed by atoms with Crippen molar-refractivity contribution in [3.63, 3.8) is 0 Å². The number of nitrogens with one attached hydrogen (secondary N) is 2. The topological polar surface area (TPSA) is 95.8 Å². The molecule has 0 saturated heterocycles. The summed E-state index contributed by atoms with van der Waals surface area (Å²) >= 11 is 0. The molecule has 0 bridgehead atoms. The average molecular weight is 343 g/mol. The molecule has 1 aliphatic rings. The van der Waals surface area contributed by atoms with Crippen LogP contribution in [-0.2, 0) is 13.2 Å². The molecule has 24 heavy (non-hydrogen) atoms. The number of carbonyl (C=O) groups is 1. The second kappa shape index (κ2) is 5.93.